The number of hydrogen-bond donors (Lipinski definition) is 2. The van der Waals surface area contributed by atoms with Crippen LogP contribution in [0, 0.1) is 0 Å². The van der Waals surface area contributed by atoms with Gasteiger partial charge in [-0.05, 0) is 52.3 Å². The van der Waals surface area contributed by atoms with Crippen LogP contribution in [0.15, 0.2) is 74.4 Å². The van der Waals surface area contributed by atoms with Crippen LogP contribution in [0.4, 0.5) is 5.69 Å². The number of rotatable bonds is 3. The molecule has 6 nitrogen and oxygen atoms in total. The molecule has 0 aliphatic rings. The van der Waals surface area contributed by atoms with Crippen LogP contribution in [-0.4, -0.2) is 14.3 Å². The second kappa shape index (κ2) is 6.49. The summed E-state index contributed by atoms with van der Waals surface area (Å²) in [6.45, 7) is 0. The Kier molecular flexibility index (Phi) is 4.26. The van der Waals surface area contributed by atoms with E-state index in [0.717, 1.165) is 16.4 Å². The predicted octanol–water partition coefficient (Wildman–Crippen LogP) is 4.25. The molecule has 0 spiro atoms. The highest BCUT2D eigenvalue weighted by Crippen LogP contribution is 2.30. The summed E-state index contributed by atoms with van der Waals surface area (Å²) in [4.78, 5) is 12.5. The summed E-state index contributed by atoms with van der Waals surface area (Å²) in [7, 11) is -3.91. The van der Waals surface area contributed by atoms with Gasteiger partial charge in [0.05, 0.1) is 10.5 Å². The van der Waals surface area contributed by atoms with Gasteiger partial charge in [0.15, 0.2) is 0 Å². The summed E-state index contributed by atoms with van der Waals surface area (Å²) >= 11 is 3.26. The van der Waals surface area contributed by atoms with Crippen molar-refractivity contribution in [3.63, 3.8) is 0 Å². The van der Waals surface area contributed by atoms with E-state index in [-0.39, 0.29) is 10.5 Å². The molecule has 1 amide bonds. The first-order valence-corrected chi connectivity index (χ1v) is 10.2. The molecule has 0 saturated carbocycles. The van der Waals surface area contributed by atoms with Gasteiger partial charge in [-0.3, -0.25) is 4.79 Å². The van der Waals surface area contributed by atoms with Crippen molar-refractivity contribution in [2.75, 3.05) is 5.32 Å². The number of para-hydroxylation sites is 1. The third kappa shape index (κ3) is 3.34. The van der Waals surface area contributed by atoms with Crippen molar-refractivity contribution in [1.82, 2.24) is 0 Å². The minimum Gasteiger partial charge on any atom is -0.456 e. The lowest BCUT2D eigenvalue weighted by Gasteiger charge is -2.08. The Morgan fingerprint density at radius 3 is 2.48 bits per heavy atom. The number of amides is 1. The zero-order valence-electron chi connectivity index (χ0n) is 13.8. The van der Waals surface area contributed by atoms with Crippen LogP contribution in [0.1, 0.15) is 10.4 Å². The van der Waals surface area contributed by atoms with E-state index in [0.29, 0.717) is 15.7 Å². The number of nitrogens with two attached hydrogens (primary N) is 1. The van der Waals surface area contributed by atoms with Gasteiger partial charge in [-0.2, -0.15) is 0 Å². The molecule has 3 aromatic carbocycles. The highest BCUT2D eigenvalue weighted by molar-refractivity contribution is 9.10. The summed E-state index contributed by atoms with van der Waals surface area (Å²) in [5.41, 5.74) is 2.09. The van der Waals surface area contributed by atoms with Crippen molar-refractivity contribution in [1.29, 1.82) is 0 Å². The lowest BCUT2D eigenvalue weighted by molar-refractivity contribution is 0.102. The summed E-state index contributed by atoms with van der Waals surface area (Å²) in [6, 6.07) is 17.1. The number of hydrogen-bond acceptors (Lipinski definition) is 4. The van der Waals surface area contributed by atoms with Crippen LogP contribution in [0.3, 0.4) is 0 Å². The quantitative estimate of drug-likeness (QED) is 0.492. The number of nitrogens with one attached hydrogen (secondary N) is 1. The molecule has 4 aromatic rings. The number of carbonyl (C=O) groups excluding carboxylic acids is 1. The van der Waals surface area contributed by atoms with E-state index >= 15 is 0 Å². The molecule has 3 N–H and O–H groups in total. The van der Waals surface area contributed by atoms with E-state index in [1.54, 1.807) is 12.1 Å². The van der Waals surface area contributed by atoms with Crippen LogP contribution in [0.5, 0.6) is 0 Å². The Morgan fingerprint density at radius 2 is 1.70 bits per heavy atom. The number of benzene rings is 3. The maximum atomic E-state index is 12.6. The van der Waals surface area contributed by atoms with E-state index < -0.39 is 15.9 Å². The van der Waals surface area contributed by atoms with Gasteiger partial charge in [0.25, 0.3) is 5.91 Å². The van der Waals surface area contributed by atoms with Crippen molar-refractivity contribution in [3.8, 4) is 0 Å². The smallest absolute Gasteiger partial charge is 0.256 e. The normalized spacial score (nSPS) is 11.8. The molecule has 8 heteroatoms. The van der Waals surface area contributed by atoms with Gasteiger partial charge in [0.2, 0.25) is 10.0 Å². The number of anilines is 1. The molecule has 27 heavy (non-hydrogen) atoms. The molecule has 0 atom stereocenters. The lowest BCUT2D eigenvalue weighted by Crippen LogP contribution is -2.16. The van der Waals surface area contributed by atoms with Crippen molar-refractivity contribution in [3.05, 3.63) is 70.7 Å². The highest BCUT2D eigenvalue weighted by Gasteiger charge is 2.16. The van der Waals surface area contributed by atoms with E-state index in [9.17, 15) is 13.2 Å². The van der Waals surface area contributed by atoms with Crippen LogP contribution < -0.4 is 10.5 Å². The maximum absolute atomic E-state index is 12.6. The SMILES string of the molecule is NS(=O)(=O)c1ccc(Br)c(C(=O)Nc2ccc3c(c2)oc2ccccc23)c1. The number of carbonyl (C=O) groups is 1. The van der Waals surface area contributed by atoms with Gasteiger partial charge >= 0.3 is 0 Å². The van der Waals surface area contributed by atoms with Crippen LogP contribution in [-0.2, 0) is 10.0 Å². The summed E-state index contributed by atoms with van der Waals surface area (Å²) in [5.74, 6) is -0.470. The van der Waals surface area contributed by atoms with Gasteiger partial charge in [0.1, 0.15) is 11.2 Å². The third-order valence-electron chi connectivity index (χ3n) is 4.15. The molecule has 0 unspecified atom stereocenters. The molecule has 1 aromatic heterocycles. The average molecular weight is 445 g/mol. The standard InChI is InChI=1S/C19H13BrN2O4S/c20-16-8-6-12(27(21,24)25)10-15(16)19(23)22-11-5-7-14-13-3-1-2-4-17(13)26-18(14)9-11/h1-10H,(H,22,23)(H2,21,24,25). The Bertz CT molecular complexity index is 1310. The molecule has 1 heterocycles. The monoisotopic (exact) mass is 444 g/mol. The molecular formula is C19H13BrN2O4S. The first-order chi connectivity index (χ1) is 12.8. The van der Waals surface area contributed by atoms with Crippen molar-refractivity contribution in [2.45, 2.75) is 4.90 Å². The average Bonchev–Trinajstić information content (AvgIpc) is 2.98. The van der Waals surface area contributed by atoms with Crippen molar-refractivity contribution >= 4 is 59.5 Å². The van der Waals surface area contributed by atoms with Gasteiger partial charge in [-0.1, -0.05) is 18.2 Å². The van der Waals surface area contributed by atoms with E-state index in [4.69, 9.17) is 9.56 Å². The van der Waals surface area contributed by atoms with Crippen molar-refractivity contribution < 1.29 is 17.6 Å². The lowest BCUT2D eigenvalue weighted by atomic mass is 10.1. The number of fused-ring (bicyclic) bond motifs is 3. The number of primary sulfonamides is 1. The van der Waals surface area contributed by atoms with E-state index in [1.807, 2.05) is 30.3 Å². The first kappa shape index (κ1) is 17.7. The Balaban J connectivity index is 1.70. The summed E-state index contributed by atoms with van der Waals surface area (Å²) in [6.07, 6.45) is 0. The largest absolute Gasteiger partial charge is 0.456 e. The molecule has 0 saturated heterocycles. The molecule has 4 rings (SSSR count). The fraction of sp³-hybridized carbons (Fsp3) is 0. The topological polar surface area (TPSA) is 102 Å². The number of sulfonamides is 1. The molecule has 136 valence electrons. The van der Waals surface area contributed by atoms with E-state index in [1.165, 1.54) is 18.2 Å². The minimum absolute atomic E-state index is 0.136. The Morgan fingerprint density at radius 1 is 0.963 bits per heavy atom. The zero-order valence-corrected chi connectivity index (χ0v) is 16.2. The molecule has 0 radical (unpaired) electrons. The fourth-order valence-corrected chi connectivity index (χ4v) is 3.82. The maximum Gasteiger partial charge on any atom is 0.256 e. The second-order valence-electron chi connectivity index (χ2n) is 5.95. The van der Waals surface area contributed by atoms with Crippen LogP contribution in [0.25, 0.3) is 21.9 Å². The van der Waals surface area contributed by atoms with Gasteiger partial charge in [-0.15, -0.1) is 0 Å². The van der Waals surface area contributed by atoms with Gasteiger partial charge in [0, 0.05) is 27.0 Å². The molecule has 0 aliphatic carbocycles. The van der Waals surface area contributed by atoms with E-state index in [2.05, 4.69) is 21.2 Å². The number of furan rings is 1. The molecule has 0 aliphatic heterocycles. The van der Waals surface area contributed by atoms with Crippen LogP contribution >= 0.6 is 15.9 Å². The summed E-state index contributed by atoms with van der Waals surface area (Å²) < 4.78 is 29.3. The van der Waals surface area contributed by atoms with Crippen LogP contribution in [0.2, 0.25) is 0 Å². The first-order valence-electron chi connectivity index (χ1n) is 7.88. The number of halogens is 1. The Labute approximate surface area is 163 Å². The molecule has 0 fully saturated rings. The Hall–Kier alpha value is -2.68. The zero-order chi connectivity index (χ0) is 19.2. The van der Waals surface area contributed by atoms with Gasteiger partial charge in [-0.25, -0.2) is 13.6 Å². The molecule has 0 bridgehead atoms. The highest BCUT2D eigenvalue weighted by atomic mass is 79.9. The van der Waals surface area contributed by atoms with Crippen molar-refractivity contribution in [2.24, 2.45) is 5.14 Å². The minimum atomic E-state index is -3.91. The van der Waals surface area contributed by atoms with Gasteiger partial charge < -0.3 is 9.73 Å². The predicted molar refractivity (Wildman–Crippen MR) is 107 cm³/mol. The fourth-order valence-electron chi connectivity index (χ4n) is 2.86. The third-order valence-corrected chi connectivity index (χ3v) is 5.75. The second-order valence-corrected chi connectivity index (χ2v) is 8.37. The molecular weight excluding hydrogens is 432 g/mol. The summed E-state index contributed by atoms with van der Waals surface area (Å²) in [5, 5.41) is 9.83.